The second-order valence-electron chi connectivity index (χ2n) is 6.99. The highest BCUT2D eigenvalue weighted by atomic mass is 15.1. The predicted octanol–water partition coefficient (Wildman–Crippen LogP) is 3.13. The molecule has 2 aliphatic rings. The topological polar surface area (TPSA) is 15.3 Å². The van der Waals surface area contributed by atoms with Gasteiger partial charge in [-0.05, 0) is 83.0 Å². The number of hydrogen-bond donors (Lipinski definition) is 1. The first-order chi connectivity index (χ1) is 8.65. The lowest BCUT2D eigenvalue weighted by atomic mass is 9.80. The highest BCUT2D eigenvalue weighted by Crippen LogP contribution is 2.28. The van der Waals surface area contributed by atoms with Crippen LogP contribution < -0.4 is 5.32 Å². The van der Waals surface area contributed by atoms with E-state index >= 15 is 0 Å². The molecule has 2 rings (SSSR count). The monoisotopic (exact) mass is 252 g/mol. The molecular weight excluding hydrogens is 220 g/mol. The van der Waals surface area contributed by atoms with E-state index in [1.807, 2.05) is 0 Å². The van der Waals surface area contributed by atoms with Crippen molar-refractivity contribution in [2.45, 2.75) is 58.4 Å². The summed E-state index contributed by atoms with van der Waals surface area (Å²) in [6, 6.07) is 0.799. The zero-order chi connectivity index (χ0) is 13.0. The van der Waals surface area contributed by atoms with Crippen molar-refractivity contribution in [3.8, 4) is 0 Å². The van der Waals surface area contributed by atoms with Gasteiger partial charge in [-0.15, -0.1) is 0 Å². The smallest absolute Gasteiger partial charge is 0.00928 e. The van der Waals surface area contributed by atoms with Gasteiger partial charge < -0.3 is 10.2 Å². The maximum Gasteiger partial charge on any atom is 0.00928 e. The van der Waals surface area contributed by atoms with Crippen molar-refractivity contribution in [2.24, 2.45) is 17.8 Å². The molecule has 18 heavy (non-hydrogen) atoms. The van der Waals surface area contributed by atoms with Gasteiger partial charge in [-0.2, -0.15) is 0 Å². The van der Waals surface area contributed by atoms with Crippen molar-refractivity contribution < 1.29 is 0 Å². The van der Waals surface area contributed by atoms with Crippen LogP contribution in [0.3, 0.4) is 0 Å². The summed E-state index contributed by atoms with van der Waals surface area (Å²) in [4.78, 5) is 2.47. The molecule has 0 aromatic carbocycles. The third-order valence-electron chi connectivity index (χ3n) is 5.23. The third-order valence-corrected chi connectivity index (χ3v) is 5.23. The number of rotatable bonds is 4. The van der Waals surface area contributed by atoms with Crippen LogP contribution in [0.5, 0.6) is 0 Å². The highest BCUT2D eigenvalue weighted by Gasteiger charge is 2.25. The quantitative estimate of drug-likeness (QED) is 0.827. The van der Waals surface area contributed by atoms with E-state index in [9.17, 15) is 0 Å². The van der Waals surface area contributed by atoms with Crippen molar-refractivity contribution in [3.63, 3.8) is 0 Å². The minimum Gasteiger partial charge on any atom is -0.314 e. The largest absolute Gasteiger partial charge is 0.314 e. The van der Waals surface area contributed by atoms with Crippen LogP contribution >= 0.6 is 0 Å². The molecule has 1 saturated carbocycles. The number of nitrogens with zero attached hydrogens (tertiary/aromatic N) is 1. The van der Waals surface area contributed by atoms with Crippen LogP contribution in [-0.4, -0.2) is 37.6 Å². The fraction of sp³-hybridized carbons (Fsp3) is 1.00. The van der Waals surface area contributed by atoms with E-state index in [1.54, 1.807) is 0 Å². The standard InChI is InChI=1S/C16H32N2/c1-13-4-5-16(14(2)12-13)17-9-6-15-7-10-18(3)11-8-15/h13-17H,4-12H2,1-3H3. The Morgan fingerprint density at radius 3 is 2.44 bits per heavy atom. The van der Waals surface area contributed by atoms with Gasteiger partial charge >= 0.3 is 0 Å². The molecule has 2 heteroatoms. The normalized spacial score (nSPS) is 35.8. The zero-order valence-electron chi connectivity index (χ0n) is 12.6. The van der Waals surface area contributed by atoms with Crippen molar-refractivity contribution in [1.82, 2.24) is 10.2 Å². The lowest BCUT2D eigenvalue weighted by molar-refractivity contribution is 0.198. The molecule has 0 amide bonds. The zero-order valence-corrected chi connectivity index (χ0v) is 12.6. The lowest BCUT2D eigenvalue weighted by Gasteiger charge is -2.34. The average molecular weight is 252 g/mol. The molecule has 3 unspecified atom stereocenters. The SMILES string of the molecule is CC1CCC(NCCC2CCN(C)CC2)C(C)C1. The molecule has 0 radical (unpaired) electrons. The molecule has 2 fully saturated rings. The van der Waals surface area contributed by atoms with Gasteiger partial charge in [0, 0.05) is 6.04 Å². The Bertz CT molecular complexity index is 233. The summed E-state index contributed by atoms with van der Waals surface area (Å²) in [5, 5.41) is 3.84. The van der Waals surface area contributed by atoms with E-state index in [4.69, 9.17) is 0 Å². The van der Waals surface area contributed by atoms with E-state index < -0.39 is 0 Å². The maximum atomic E-state index is 3.84. The predicted molar refractivity (Wildman–Crippen MR) is 78.8 cm³/mol. The molecule has 1 aliphatic heterocycles. The molecule has 2 nitrogen and oxygen atoms in total. The lowest BCUT2D eigenvalue weighted by Crippen LogP contribution is -2.40. The molecule has 0 spiro atoms. The van der Waals surface area contributed by atoms with Crippen molar-refractivity contribution in [2.75, 3.05) is 26.7 Å². The van der Waals surface area contributed by atoms with Gasteiger partial charge in [-0.25, -0.2) is 0 Å². The van der Waals surface area contributed by atoms with Gasteiger partial charge in [-0.3, -0.25) is 0 Å². The van der Waals surface area contributed by atoms with Gasteiger partial charge in [-0.1, -0.05) is 13.8 Å². The molecule has 1 saturated heterocycles. The molecular formula is C16H32N2. The minimum atomic E-state index is 0.799. The van der Waals surface area contributed by atoms with Crippen LogP contribution in [-0.2, 0) is 0 Å². The Labute approximate surface area is 114 Å². The van der Waals surface area contributed by atoms with Crippen LogP contribution in [0.25, 0.3) is 0 Å². The molecule has 1 N–H and O–H groups in total. The summed E-state index contributed by atoms with van der Waals surface area (Å²) < 4.78 is 0. The molecule has 0 bridgehead atoms. The second kappa shape index (κ2) is 6.91. The summed E-state index contributed by atoms with van der Waals surface area (Å²) in [7, 11) is 2.25. The van der Waals surface area contributed by atoms with Gasteiger partial charge in [0.05, 0.1) is 0 Å². The van der Waals surface area contributed by atoms with E-state index in [0.717, 1.165) is 23.8 Å². The Morgan fingerprint density at radius 2 is 1.78 bits per heavy atom. The number of piperidine rings is 1. The second-order valence-corrected chi connectivity index (χ2v) is 6.99. The molecule has 1 aliphatic carbocycles. The average Bonchev–Trinajstić information content (AvgIpc) is 2.34. The highest BCUT2D eigenvalue weighted by molar-refractivity contribution is 4.81. The van der Waals surface area contributed by atoms with E-state index in [1.165, 1.54) is 58.2 Å². The van der Waals surface area contributed by atoms with Crippen LogP contribution in [0.15, 0.2) is 0 Å². The Balaban J connectivity index is 1.60. The third kappa shape index (κ3) is 4.24. The first-order valence-corrected chi connectivity index (χ1v) is 8.07. The van der Waals surface area contributed by atoms with Crippen LogP contribution in [0.2, 0.25) is 0 Å². The fourth-order valence-corrected chi connectivity index (χ4v) is 3.79. The van der Waals surface area contributed by atoms with Gasteiger partial charge in [0.2, 0.25) is 0 Å². The molecule has 0 aromatic rings. The van der Waals surface area contributed by atoms with Crippen LogP contribution in [0.1, 0.15) is 52.4 Å². The van der Waals surface area contributed by atoms with Gasteiger partial charge in [0.15, 0.2) is 0 Å². The summed E-state index contributed by atoms with van der Waals surface area (Å²) in [5.74, 6) is 2.81. The first-order valence-electron chi connectivity index (χ1n) is 8.07. The summed E-state index contributed by atoms with van der Waals surface area (Å²) in [5.41, 5.74) is 0. The van der Waals surface area contributed by atoms with E-state index in [2.05, 4.69) is 31.1 Å². The summed E-state index contributed by atoms with van der Waals surface area (Å²) in [6.07, 6.45) is 8.47. The van der Waals surface area contributed by atoms with E-state index in [-0.39, 0.29) is 0 Å². The Hall–Kier alpha value is -0.0800. The fourth-order valence-electron chi connectivity index (χ4n) is 3.79. The Morgan fingerprint density at radius 1 is 1.06 bits per heavy atom. The molecule has 0 aromatic heterocycles. The van der Waals surface area contributed by atoms with Crippen molar-refractivity contribution in [3.05, 3.63) is 0 Å². The van der Waals surface area contributed by atoms with Crippen molar-refractivity contribution >= 4 is 0 Å². The van der Waals surface area contributed by atoms with Gasteiger partial charge in [0.1, 0.15) is 0 Å². The number of likely N-dealkylation sites (tertiary alicyclic amines) is 1. The van der Waals surface area contributed by atoms with Crippen molar-refractivity contribution in [1.29, 1.82) is 0 Å². The first kappa shape index (κ1) is 14.3. The summed E-state index contributed by atoms with van der Waals surface area (Å²) >= 11 is 0. The Kier molecular flexibility index (Phi) is 5.50. The number of nitrogens with one attached hydrogen (secondary N) is 1. The van der Waals surface area contributed by atoms with E-state index in [0.29, 0.717) is 0 Å². The summed E-state index contributed by atoms with van der Waals surface area (Å²) in [6.45, 7) is 8.70. The van der Waals surface area contributed by atoms with Crippen LogP contribution in [0.4, 0.5) is 0 Å². The molecule has 3 atom stereocenters. The maximum absolute atomic E-state index is 3.84. The minimum absolute atomic E-state index is 0.799. The molecule has 106 valence electrons. The van der Waals surface area contributed by atoms with Crippen LogP contribution in [0, 0.1) is 17.8 Å². The molecule has 1 heterocycles. The number of hydrogen-bond acceptors (Lipinski definition) is 2. The van der Waals surface area contributed by atoms with Gasteiger partial charge in [0.25, 0.3) is 0 Å².